The minimum absolute atomic E-state index is 0.00556. The molecule has 4 heteroatoms. The van der Waals surface area contributed by atoms with Crippen molar-refractivity contribution in [3.63, 3.8) is 0 Å². The third-order valence-corrected chi connectivity index (χ3v) is 4.34. The Hall–Kier alpha value is -1.86. The number of hydrogen-bond acceptors (Lipinski definition) is 2. The lowest BCUT2D eigenvalue weighted by molar-refractivity contribution is -0.925. The molecular weight excluding hydrogens is 262 g/mol. The fourth-order valence-electron chi connectivity index (χ4n) is 3.30. The standard InChI is InChI=1S/C17H23N3O/c1-12-8-13(2)11-20(10-12)14(3)17(21)19-16-7-5-4-6-15(16)9-18/h4-7,12-14H,8,10-11H2,1-3H3,(H,19,21)/p+1/t12-,13-,14+/m1/s1. The summed E-state index contributed by atoms with van der Waals surface area (Å²) < 4.78 is 0. The molecule has 1 aliphatic rings. The predicted octanol–water partition coefficient (Wildman–Crippen LogP) is 1.45. The maximum Gasteiger partial charge on any atom is 0.282 e. The monoisotopic (exact) mass is 286 g/mol. The van der Waals surface area contributed by atoms with Gasteiger partial charge in [0.2, 0.25) is 0 Å². The lowest BCUT2D eigenvalue weighted by Crippen LogP contribution is -3.18. The molecule has 4 nitrogen and oxygen atoms in total. The fourth-order valence-corrected chi connectivity index (χ4v) is 3.30. The van der Waals surface area contributed by atoms with Crippen LogP contribution in [0.1, 0.15) is 32.8 Å². The van der Waals surface area contributed by atoms with Crippen LogP contribution in [0.5, 0.6) is 0 Å². The molecule has 3 atom stereocenters. The number of carbonyl (C=O) groups excluding carboxylic acids is 1. The number of nitriles is 1. The fraction of sp³-hybridized carbons (Fsp3) is 0.529. The molecule has 0 spiro atoms. The number of quaternary nitrogens is 1. The molecule has 21 heavy (non-hydrogen) atoms. The molecule has 1 amide bonds. The number of amides is 1. The van der Waals surface area contributed by atoms with Gasteiger partial charge in [0.05, 0.1) is 24.3 Å². The molecule has 2 rings (SSSR count). The number of carbonyl (C=O) groups is 1. The number of nitrogens with one attached hydrogen (secondary N) is 2. The van der Waals surface area contributed by atoms with Gasteiger partial charge in [0.15, 0.2) is 6.04 Å². The number of hydrogen-bond donors (Lipinski definition) is 2. The number of nitrogens with zero attached hydrogens (tertiary/aromatic N) is 1. The Kier molecular flexibility index (Phi) is 4.98. The van der Waals surface area contributed by atoms with E-state index in [4.69, 9.17) is 5.26 Å². The highest BCUT2D eigenvalue weighted by molar-refractivity contribution is 5.94. The number of rotatable bonds is 3. The molecule has 0 saturated carbocycles. The average Bonchev–Trinajstić information content (AvgIpc) is 2.46. The van der Waals surface area contributed by atoms with Crippen LogP contribution in [0.15, 0.2) is 24.3 Å². The molecule has 0 unspecified atom stereocenters. The quantitative estimate of drug-likeness (QED) is 0.883. The topological polar surface area (TPSA) is 57.3 Å². The van der Waals surface area contributed by atoms with Gasteiger partial charge in [-0.3, -0.25) is 4.79 Å². The zero-order valence-corrected chi connectivity index (χ0v) is 13.0. The average molecular weight is 286 g/mol. The van der Waals surface area contributed by atoms with Gasteiger partial charge in [0, 0.05) is 11.8 Å². The minimum atomic E-state index is -0.0954. The summed E-state index contributed by atoms with van der Waals surface area (Å²) >= 11 is 0. The van der Waals surface area contributed by atoms with Crippen LogP contribution in [0.2, 0.25) is 0 Å². The Morgan fingerprint density at radius 1 is 1.33 bits per heavy atom. The summed E-state index contributed by atoms with van der Waals surface area (Å²) in [5.74, 6) is 1.31. The van der Waals surface area contributed by atoms with E-state index in [2.05, 4.69) is 25.2 Å². The zero-order chi connectivity index (χ0) is 15.4. The Morgan fingerprint density at radius 2 is 1.95 bits per heavy atom. The molecule has 0 aliphatic carbocycles. The van der Waals surface area contributed by atoms with Crippen molar-refractivity contribution >= 4 is 11.6 Å². The second kappa shape index (κ2) is 6.73. The number of piperidine rings is 1. The van der Waals surface area contributed by atoms with Crippen molar-refractivity contribution in [1.82, 2.24) is 0 Å². The number of para-hydroxylation sites is 1. The van der Waals surface area contributed by atoms with Crippen molar-refractivity contribution in [2.24, 2.45) is 11.8 Å². The van der Waals surface area contributed by atoms with Gasteiger partial charge in [-0.2, -0.15) is 5.26 Å². The lowest BCUT2D eigenvalue weighted by Gasteiger charge is -2.35. The highest BCUT2D eigenvalue weighted by atomic mass is 16.2. The molecule has 0 radical (unpaired) electrons. The highest BCUT2D eigenvalue weighted by Crippen LogP contribution is 2.15. The van der Waals surface area contributed by atoms with E-state index in [9.17, 15) is 4.79 Å². The summed E-state index contributed by atoms with van der Waals surface area (Å²) in [6.07, 6.45) is 1.25. The van der Waals surface area contributed by atoms with Crippen LogP contribution < -0.4 is 10.2 Å². The first-order valence-electron chi connectivity index (χ1n) is 7.65. The first-order chi connectivity index (χ1) is 10.0. The van der Waals surface area contributed by atoms with Crippen molar-refractivity contribution in [3.05, 3.63) is 29.8 Å². The number of anilines is 1. The van der Waals surface area contributed by atoms with Crippen LogP contribution >= 0.6 is 0 Å². The van der Waals surface area contributed by atoms with Gasteiger partial charge < -0.3 is 10.2 Å². The van der Waals surface area contributed by atoms with Crippen molar-refractivity contribution < 1.29 is 9.69 Å². The largest absolute Gasteiger partial charge is 0.324 e. The maximum atomic E-state index is 12.5. The van der Waals surface area contributed by atoms with Crippen LogP contribution in [0.4, 0.5) is 5.69 Å². The van der Waals surface area contributed by atoms with Crippen LogP contribution in [0.25, 0.3) is 0 Å². The first-order valence-corrected chi connectivity index (χ1v) is 7.65. The lowest BCUT2D eigenvalue weighted by atomic mass is 9.91. The minimum Gasteiger partial charge on any atom is -0.324 e. The number of likely N-dealkylation sites (tertiary alicyclic amines) is 1. The molecule has 1 aliphatic heterocycles. The van der Waals surface area contributed by atoms with E-state index >= 15 is 0 Å². The van der Waals surface area contributed by atoms with E-state index in [0.29, 0.717) is 23.1 Å². The highest BCUT2D eigenvalue weighted by Gasteiger charge is 2.32. The summed E-state index contributed by atoms with van der Waals surface area (Å²) in [6, 6.07) is 9.15. The Labute approximate surface area is 126 Å². The van der Waals surface area contributed by atoms with E-state index in [0.717, 1.165) is 13.1 Å². The van der Waals surface area contributed by atoms with E-state index in [-0.39, 0.29) is 11.9 Å². The predicted molar refractivity (Wildman–Crippen MR) is 82.9 cm³/mol. The molecule has 1 aromatic carbocycles. The Bertz CT molecular complexity index is 539. The zero-order valence-electron chi connectivity index (χ0n) is 13.0. The smallest absolute Gasteiger partial charge is 0.282 e. The molecular formula is C17H24N3O+. The second-order valence-electron chi connectivity index (χ2n) is 6.38. The van der Waals surface area contributed by atoms with E-state index in [1.807, 2.05) is 13.0 Å². The van der Waals surface area contributed by atoms with Crippen LogP contribution in [0.3, 0.4) is 0 Å². The molecule has 1 saturated heterocycles. The van der Waals surface area contributed by atoms with Gasteiger partial charge in [-0.05, 0) is 25.5 Å². The molecule has 2 N–H and O–H groups in total. The third-order valence-electron chi connectivity index (χ3n) is 4.34. The van der Waals surface area contributed by atoms with Gasteiger partial charge in [-0.25, -0.2) is 0 Å². The van der Waals surface area contributed by atoms with Crippen molar-refractivity contribution in [3.8, 4) is 6.07 Å². The molecule has 112 valence electrons. The molecule has 1 fully saturated rings. The van der Waals surface area contributed by atoms with Crippen LogP contribution in [0, 0.1) is 23.2 Å². The summed E-state index contributed by atoms with van der Waals surface area (Å²) in [5.41, 5.74) is 1.11. The molecule has 1 aromatic rings. The van der Waals surface area contributed by atoms with Crippen molar-refractivity contribution in [2.75, 3.05) is 18.4 Å². The molecule has 0 bridgehead atoms. The van der Waals surface area contributed by atoms with Gasteiger partial charge in [0.25, 0.3) is 5.91 Å². The summed E-state index contributed by atoms with van der Waals surface area (Å²) in [5, 5.41) is 12.0. The third kappa shape index (κ3) is 3.83. The van der Waals surface area contributed by atoms with Crippen molar-refractivity contribution in [2.45, 2.75) is 33.2 Å². The summed E-state index contributed by atoms with van der Waals surface area (Å²) in [7, 11) is 0. The van der Waals surface area contributed by atoms with E-state index in [1.165, 1.54) is 11.3 Å². The van der Waals surface area contributed by atoms with Crippen LogP contribution in [-0.4, -0.2) is 25.0 Å². The Balaban J connectivity index is 2.04. The van der Waals surface area contributed by atoms with Crippen molar-refractivity contribution in [1.29, 1.82) is 5.26 Å². The molecule has 1 heterocycles. The first kappa shape index (κ1) is 15.5. The van der Waals surface area contributed by atoms with E-state index < -0.39 is 0 Å². The molecule has 0 aromatic heterocycles. The van der Waals surface area contributed by atoms with E-state index in [1.54, 1.807) is 18.2 Å². The summed E-state index contributed by atoms with van der Waals surface area (Å²) in [6.45, 7) is 8.57. The van der Waals surface area contributed by atoms with Crippen LogP contribution in [-0.2, 0) is 4.79 Å². The summed E-state index contributed by atoms with van der Waals surface area (Å²) in [4.78, 5) is 13.8. The normalized spacial score (nSPS) is 26.7. The van der Waals surface area contributed by atoms with Gasteiger partial charge in [0.1, 0.15) is 6.07 Å². The number of benzene rings is 1. The SMILES string of the molecule is C[C@@H]1C[C@@H](C)C[NH+]([C@@H](C)C(=O)Nc2ccccc2C#N)C1. The second-order valence-corrected chi connectivity index (χ2v) is 6.38. The van der Waals surface area contributed by atoms with Gasteiger partial charge >= 0.3 is 0 Å². The Morgan fingerprint density at radius 3 is 2.57 bits per heavy atom. The van der Waals surface area contributed by atoms with Gasteiger partial charge in [-0.15, -0.1) is 0 Å². The maximum absolute atomic E-state index is 12.5. The van der Waals surface area contributed by atoms with Gasteiger partial charge in [-0.1, -0.05) is 26.0 Å².